The van der Waals surface area contributed by atoms with Gasteiger partial charge in [-0.05, 0) is 81.0 Å². The summed E-state index contributed by atoms with van der Waals surface area (Å²) < 4.78 is 5.76. The van der Waals surface area contributed by atoms with Gasteiger partial charge in [-0.25, -0.2) is 0 Å². The maximum Gasteiger partial charge on any atom is 0.141 e. The highest BCUT2D eigenvalue weighted by Crippen LogP contribution is 2.66. The molecule has 0 aromatic heterocycles. The van der Waals surface area contributed by atoms with Crippen molar-refractivity contribution in [1.82, 2.24) is 0 Å². The maximum atomic E-state index is 12.9. The van der Waals surface area contributed by atoms with E-state index in [0.29, 0.717) is 17.1 Å². The van der Waals surface area contributed by atoms with Gasteiger partial charge in [-0.2, -0.15) is 0 Å². The Hall–Kier alpha value is -0.370. The molecule has 130 valence electrons. The molecule has 2 unspecified atom stereocenters. The lowest BCUT2D eigenvalue weighted by Gasteiger charge is -2.60. The molecule has 0 spiro atoms. The van der Waals surface area contributed by atoms with Crippen LogP contribution < -0.4 is 0 Å². The van der Waals surface area contributed by atoms with Gasteiger partial charge >= 0.3 is 0 Å². The zero-order valence-corrected chi connectivity index (χ0v) is 15.3. The highest BCUT2D eigenvalue weighted by atomic mass is 16.5. The summed E-state index contributed by atoms with van der Waals surface area (Å²) in [6.07, 6.45) is 13.0. The quantitative estimate of drug-likeness (QED) is 0.716. The van der Waals surface area contributed by atoms with Gasteiger partial charge in [0.05, 0.1) is 11.5 Å². The van der Waals surface area contributed by atoms with Crippen molar-refractivity contribution in [3.8, 4) is 0 Å². The minimum Gasteiger partial charge on any atom is -0.381 e. The molecule has 0 aromatic rings. The summed E-state index contributed by atoms with van der Waals surface area (Å²) in [5, 5.41) is 0. The first-order valence-corrected chi connectivity index (χ1v) is 10.1. The van der Waals surface area contributed by atoms with Gasteiger partial charge in [-0.1, -0.05) is 19.8 Å². The Labute approximate surface area is 141 Å². The molecule has 0 bridgehead atoms. The second-order valence-corrected chi connectivity index (χ2v) is 9.32. The Morgan fingerprint density at radius 2 is 1.87 bits per heavy atom. The fraction of sp³-hybridized carbons (Fsp3) is 0.952. The van der Waals surface area contributed by atoms with E-state index in [-0.39, 0.29) is 11.5 Å². The molecule has 2 heteroatoms. The van der Waals surface area contributed by atoms with Gasteiger partial charge in [0.15, 0.2) is 0 Å². The van der Waals surface area contributed by atoms with Gasteiger partial charge in [-0.15, -0.1) is 0 Å². The van der Waals surface area contributed by atoms with E-state index in [1.165, 1.54) is 44.9 Å². The van der Waals surface area contributed by atoms with Crippen LogP contribution in [0.5, 0.6) is 0 Å². The minimum atomic E-state index is -0.145. The Morgan fingerprint density at radius 3 is 2.65 bits per heavy atom. The van der Waals surface area contributed by atoms with Crippen molar-refractivity contribution in [3.63, 3.8) is 0 Å². The standard InChI is InChI=1S/C21H34O2/c1-14(23-3)21-13-11-17-16(18(21)9-10-19(21)22)8-7-15-6-4-5-12-20(15,17)2/h14-18H,4-13H2,1-3H3/t14?,15?,16-,17+,18+,20+,21-/m1/s1. The van der Waals surface area contributed by atoms with E-state index in [2.05, 4.69) is 13.8 Å². The number of Topliss-reactive ketones (excluding diaryl/α,β-unsaturated/α-hetero) is 1. The predicted molar refractivity (Wildman–Crippen MR) is 92.1 cm³/mol. The van der Waals surface area contributed by atoms with E-state index in [1.54, 1.807) is 7.11 Å². The van der Waals surface area contributed by atoms with Gasteiger partial charge in [0, 0.05) is 13.5 Å². The average molecular weight is 319 g/mol. The van der Waals surface area contributed by atoms with Crippen molar-refractivity contribution >= 4 is 5.78 Å². The van der Waals surface area contributed by atoms with Crippen LogP contribution in [-0.2, 0) is 9.53 Å². The third-order valence-electron chi connectivity index (χ3n) is 8.99. The van der Waals surface area contributed by atoms with E-state index in [9.17, 15) is 4.79 Å². The van der Waals surface area contributed by atoms with Crippen LogP contribution >= 0.6 is 0 Å². The number of methoxy groups -OCH3 is 1. The third-order valence-corrected chi connectivity index (χ3v) is 8.99. The molecule has 4 aliphatic carbocycles. The van der Waals surface area contributed by atoms with E-state index in [0.717, 1.165) is 37.0 Å². The number of carbonyl (C=O) groups excluding carboxylic acids is 1. The Kier molecular flexibility index (Phi) is 3.91. The van der Waals surface area contributed by atoms with Gasteiger partial charge in [0.2, 0.25) is 0 Å². The number of carbonyl (C=O) groups is 1. The van der Waals surface area contributed by atoms with Crippen LogP contribution in [0.2, 0.25) is 0 Å². The number of ether oxygens (including phenoxy) is 1. The van der Waals surface area contributed by atoms with Crippen molar-refractivity contribution in [2.45, 2.75) is 84.2 Å². The molecule has 4 rings (SSSR count). The molecule has 23 heavy (non-hydrogen) atoms. The van der Waals surface area contributed by atoms with E-state index < -0.39 is 0 Å². The fourth-order valence-corrected chi connectivity index (χ4v) is 7.74. The van der Waals surface area contributed by atoms with Crippen LogP contribution in [0.4, 0.5) is 0 Å². The molecule has 0 aromatic carbocycles. The summed E-state index contributed by atoms with van der Waals surface area (Å²) >= 11 is 0. The molecule has 4 fully saturated rings. The van der Waals surface area contributed by atoms with Gasteiger partial charge < -0.3 is 4.74 Å². The zero-order valence-electron chi connectivity index (χ0n) is 15.3. The molecule has 0 saturated heterocycles. The molecule has 0 heterocycles. The average Bonchev–Trinajstić information content (AvgIpc) is 2.91. The zero-order chi connectivity index (χ0) is 16.2. The Bertz CT molecular complexity index is 486. The monoisotopic (exact) mass is 318 g/mol. The van der Waals surface area contributed by atoms with Gasteiger partial charge in [0.1, 0.15) is 5.78 Å². The van der Waals surface area contributed by atoms with Crippen LogP contribution in [0, 0.1) is 34.5 Å². The summed E-state index contributed by atoms with van der Waals surface area (Å²) in [6.45, 7) is 4.77. The van der Waals surface area contributed by atoms with Gasteiger partial charge in [-0.3, -0.25) is 4.79 Å². The van der Waals surface area contributed by atoms with E-state index >= 15 is 0 Å². The first-order chi connectivity index (χ1) is 11.0. The molecule has 0 N–H and O–H groups in total. The van der Waals surface area contributed by atoms with Crippen molar-refractivity contribution < 1.29 is 9.53 Å². The Morgan fingerprint density at radius 1 is 1.04 bits per heavy atom. The number of hydrogen-bond acceptors (Lipinski definition) is 2. The summed E-state index contributed by atoms with van der Waals surface area (Å²) in [5.41, 5.74) is 0.420. The molecule has 7 atom stereocenters. The first-order valence-electron chi connectivity index (χ1n) is 10.1. The first kappa shape index (κ1) is 16.1. The van der Waals surface area contributed by atoms with Crippen molar-refractivity contribution in [1.29, 1.82) is 0 Å². The van der Waals surface area contributed by atoms with Crippen LogP contribution in [0.15, 0.2) is 0 Å². The molecular formula is C21H34O2. The second-order valence-electron chi connectivity index (χ2n) is 9.32. The summed E-state index contributed by atoms with van der Waals surface area (Å²) in [7, 11) is 1.80. The lowest BCUT2D eigenvalue weighted by Crippen LogP contribution is -2.56. The molecule has 2 nitrogen and oxygen atoms in total. The number of rotatable bonds is 2. The second kappa shape index (κ2) is 5.58. The van der Waals surface area contributed by atoms with Crippen molar-refractivity contribution in [2.24, 2.45) is 34.5 Å². The SMILES string of the molecule is COC(C)[C@]12CC[C@H]3[C@@H](CCC4CCCC[C@@]43C)[C@@H]1CCC2=O. The van der Waals surface area contributed by atoms with E-state index in [1.807, 2.05) is 0 Å². The molecule has 4 aliphatic rings. The van der Waals surface area contributed by atoms with Crippen LogP contribution in [0.3, 0.4) is 0 Å². The molecule has 0 amide bonds. The van der Waals surface area contributed by atoms with Crippen LogP contribution in [-0.4, -0.2) is 19.0 Å². The predicted octanol–water partition coefficient (Wildman–Crippen LogP) is 5.00. The maximum absolute atomic E-state index is 12.9. The molecular weight excluding hydrogens is 284 g/mol. The molecule has 4 saturated carbocycles. The van der Waals surface area contributed by atoms with Crippen molar-refractivity contribution in [3.05, 3.63) is 0 Å². The largest absolute Gasteiger partial charge is 0.381 e. The lowest BCUT2D eigenvalue weighted by atomic mass is 9.44. The number of hydrogen-bond donors (Lipinski definition) is 0. The fourth-order valence-electron chi connectivity index (χ4n) is 7.74. The highest BCUT2D eigenvalue weighted by Gasteiger charge is 2.63. The number of fused-ring (bicyclic) bond motifs is 5. The molecule has 0 radical (unpaired) electrons. The van der Waals surface area contributed by atoms with E-state index in [4.69, 9.17) is 4.74 Å². The Balaban J connectivity index is 1.67. The molecule has 0 aliphatic heterocycles. The highest BCUT2D eigenvalue weighted by molar-refractivity contribution is 5.88. The number of ketones is 1. The lowest BCUT2D eigenvalue weighted by molar-refractivity contribution is -0.159. The summed E-state index contributed by atoms with van der Waals surface area (Å²) in [6, 6.07) is 0. The summed E-state index contributed by atoms with van der Waals surface area (Å²) in [4.78, 5) is 12.9. The minimum absolute atomic E-state index is 0.0975. The van der Waals surface area contributed by atoms with Crippen LogP contribution in [0.1, 0.15) is 78.1 Å². The smallest absolute Gasteiger partial charge is 0.141 e. The normalized spacial score (nSPS) is 50.8. The topological polar surface area (TPSA) is 26.3 Å². The third kappa shape index (κ3) is 2.06. The summed E-state index contributed by atoms with van der Waals surface area (Å²) in [5.74, 6) is 3.73. The van der Waals surface area contributed by atoms with Gasteiger partial charge in [0.25, 0.3) is 0 Å². The van der Waals surface area contributed by atoms with Crippen molar-refractivity contribution in [2.75, 3.05) is 7.11 Å². The van der Waals surface area contributed by atoms with Crippen LogP contribution in [0.25, 0.3) is 0 Å².